The SMILES string of the molecule is Cc1cc(-c2cc(S(=O)(=O)N(CCN(C)C)CC(=O)O)c(C)s2)n[nH]1. The summed E-state index contributed by atoms with van der Waals surface area (Å²) >= 11 is 1.32. The van der Waals surface area contributed by atoms with Gasteiger partial charge >= 0.3 is 5.97 Å². The number of aromatic amines is 1. The van der Waals surface area contributed by atoms with Crippen LogP contribution in [0.4, 0.5) is 0 Å². The van der Waals surface area contributed by atoms with Gasteiger partial charge in [-0.15, -0.1) is 11.3 Å². The number of hydrogen-bond donors (Lipinski definition) is 2. The number of carbonyl (C=O) groups is 1. The monoisotopic (exact) mass is 386 g/mol. The van der Waals surface area contributed by atoms with Crippen molar-refractivity contribution in [2.24, 2.45) is 0 Å². The van der Waals surface area contributed by atoms with Crippen molar-refractivity contribution >= 4 is 27.3 Å². The average Bonchev–Trinajstić information content (AvgIpc) is 3.09. The van der Waals surface area contributed by atoms with Crippen LogP contribution in [0, 0.1) is 13.8 Å². The minimum atomic E-state index is -3.90. The first-order valence-electron chi connectivity index (χ1n) is 7.60. The Kier molecular flexibility index (Phi) is 5.99. The highest BCUT2D eigenvalue weighted by Crippen LogP contribution is 2.34. The van der Waals surface area contributed by atoms with Crippen molar-refractivity contribution in [3.05, 3.63) is 22.7 Å². The van der Waals surface area contributed by atoms with Gasteiger partial charge in [0.25, 0.3) is 0 Å². The summed E-state index contributed by atoms with van der Waals surface area (Å²) in [6, 6.07) is 3.40. The quantitative estimate of drug-likeness (QED) is 0.710. The molecule has 0 saturated heterocycles. The van der Waals surface area contributed by atoms with E-state index in [4.69, 9.17) is 5.11 Å². The molecule has 0 spiro atoms. The largest absolute Gasteiger partial charge is 0.480 e. The smallest absolute Gasteiger partial charge is 0.318 e. The summed E-state index contributed by atoms with van der Waals surface area (Å²) in [6.07, 6.45) is 0. The molecule has 0 atom stereocenters. The molecule has 25 heavy (non-hydrogen) atoms. The van der Waals surface area contributed by atoms with Crippen LogP contribution in [0.2, 0.25) is 0 Å². The number of likely N-dealkylation sites (N-methyl/N-ethyl adjacent to an activating group) is 1. The van der Waals surface area contributed by atoms with Crippen LogP contribution < -0.4 is 0 Å². The van der Waals surface area contributed by atoms with E-state index in [1.54, 1.807) is 27.1 Å². The first-order valence-corrected chi connectivity index (χ1v) is 9.86. The number of nitrogens with zero attached hydrogens (tertiary/aromatic N) is 3. The summed E-state index contributed by atoms with van der Waals surface area (Å²) in [5.41, 5.74) is 1.55. The van der Waals surface area contributed by atoms with Crippen molar-refractivity contribution < 1.29 is 18.3 Å². The van der Waals surface area contributed by atoms with Crippen molar-refractivity contribution in [3.8, 4) is 10.6 Å². The number of carboxylic acid groups (broad SMARTS) is 1. The van der Waals surface area contributed by atoms with Gasteiger partial charge in [0.2, 0.25) is 10.0 Å². The van der Waals surface area contributed by atoms with Gasteiger partial charge in [-0.05, 0) is 40.1 Å². The van der Waals surface area contributed by atoms with Gasteiger partial charge in [0.15, 0.2) is 0 Å². The zero-order valence-corrected chi connectivity index (χ0v) is 16.2. The highest BCUT2D eigenvalue weighted by molar-refractivity contribution is 7.89. The first-order chi connectivity index (χ1) is 11.6. The predicted molar refractivity (Wildman–Crippen MR) is 96.3 cm³/mol. The number of nitrogens with one attached hydrogen (secondary N) is 1. The van der Waals surface area contributed by atoms with Crippen LogP contribution in [0.5, 0.6) is 0 Å². The Balaban J connectivity index is 2.38. The second-order valence-corrected chi connectivity index (χ2v) is 9.17. The van der Waals surface area contributed by atoms with E-state index in [0.717, 1.165) is 14.9 Å². The lowest BCUT2D eigenvalue weighted by atomic mass is 10.3. The van der Waals surface area contributed by atoms with Gasteiger partial charge in [0.05, 0.1) is 9.77 Å². The minimum Gasteiger partial charge on any atom is -0.480 e. The second kappa shape index (κ2) is 7.65. The number of hydrogen-bond acceptors (Lipinski definition) is 6. The van der Waals surface area contributed by atoms with Gasteiger partial charge in [-0.2, -0.15) is 9.40 Å². The Labute approximate surface area is 151 Å². The molecule has 2 N–H and O–H groups in total. The molecule has 8 nitrogen and oxygen atoms in total. The van der Waals surface area contributed by atoms with Crippen molar-refractivity contribution in [1.29, 1.82) is 0 Å². The predicted octanol–water partition coefficient (Wildman–Crippen LogP) is 1.39. The average molecular weight is 386 g/mol. The molecule has 10 heteroatoms. The number of thiophene rings is 1. The van der Waals surface area contributed by atoms with E-state index < -0.39 is 22.5 Å². The third-order valence-corrected chi connectivity index (χ3v) is 6.73. The summed E-state index contributed by atoms with van der Waals surface area (Å²) < 4.78 is 27.0. The normalized spacial score (nSPS) is 12.2. The van der Waals surface area contributed by atoms with Crippen LogP contribution in [-0.2, 0) is 14.8 Å². The molecule has 0 bridgehead atoms. The van der Waals surface area contributed by atoms with Gasteiger partial charge in [-0.1, -0.05) is 0 Å². The van der Waals surface area contributed by atoms with Crippen molar-refractivity contribution in [3.63, 3.8) is 0 Å². The molecule has 0 aliphatic rings. The van der Waals surface area contributed by atoms with Crippen molar-refractivity contribution in [2.45, 2.75) is 18.7 Å². The van der Waals surface area contributed by atoms with E-state index in [2.05, 4.69) is 10.2 Å². The van der Waals surface area contributed by atoms with E-state index in [1.807, 2.05) is 17.9 Å². The molecule has 0 unspecified atom stereocenters. The van der Waals surface area contributed by atoms with Crippen LogP contribution in [0.1, 0.15) is 10.6 Å². The van der Waals surface area contributed by atoms with E-state index in [0.29, 0.717) is 17.1 Å². The molecule has 0 radical (unpaired) electrons. The van der Waals surface area contributed by atoms with E-state index in [1.165, 1.54) is 11.3 Å². The Morgan fingerprint density at radius 1 is 1.28 bits per heavy atom. The van der Waals surface area contributed by atoms with Crippen molar-refractivity contribution in [1.82, 2.24) is 19.4 Å². The minimum absolute atomic E-state index is 0.105. The third kappa shape index (κ3) is 4.66. The summed E-state index contributed by atoms with van der Waals surface area (Å²) in [5, 5.41) is 16.1. The van der Waals surface area contributed by atoms with Gasteiger partial charge in [0.1, 0.15) is 12.2 Å². The molecule has 0 saturated carbocycles. The molecule has 0 amide bonds. The Morgan fingerprint density at radius 2 is 1.96 bits per heavy atom. The number of aromatic nitrogens is 2. The fraction of sp³-hybridized carbons (Fsp3) is 0.467. The fourth-order valence-corrected chi connectivity index (χ4v) is 5.18. The molecule has 0 aliphatic heterocycles. The molecule has 138 valence electrons. The van der Waals surface area contributed by atoms with E-state index >= 15 is 0 Å². The zero-order valence-electron chi connectivity index (χ0n) is 14.6. The third-order valence-electron chi connectivity index (χ3n) is 3.56. The topological polar surface area (TPSA) is 107 Å². The van der Waals surface area contributed by atoms with Crippen LogP contribution in [0.25, 0.3) is 10.6 Å². The number of aryl methyl sites for hydroxylation is 2. The Bertz CT molecular complexity index is 855. The number of carboxylic acids is 1. The number of rotatable bonds is 8. The zero-order chi connectivity index (χ0) is 18.8. The van der Waals surface area contributed by atoms with Gasteiger partial charge in [-0.25, -0.2) is 8.42 Å². The van der Waals surface area contributed by atoms with E-state index in [-0.39, 0.29) is 11.4 Å². The summed E-state index contributed by atoms with van der Waals surface area (Å²) in [7, 11) is -0.295. The molecule has 2 aromatic rings. The second-order valence-electron chi connectivity index (χ2n) is 6.00. The maximum Gasteiger partial charge on any atom is 0.318 e. The fourth-order valence-electron chi connectivity index (χ4n) is 2.28. The first kappa shape index (κ1) is 19.6. The van der Waals surface area contributed by atoms with Gasteiger partial charge in [0, 0.05) is 23.7 Å². The molecule has 2 heterocycles. The van der Waals surface area contributed by atoms with Crippen LogP contribution in [-0.4, -0.2) is 72.6 Å². The highest BCUT2D eigenvalue weighted by Gasteiger charge is 2.29. The Hall–Kier alpha value is -1.75. The molecular formula is C15H22N4O4S2. The van der Waals surface area contributed by atoms with Crippen LogP contribution >= 0.6 is 11.3 Å². The molecular weight excluding hydrogens is 364 g/mol. The highest BCUT2D eigenvalue weighted by atomic mass is 32.2. The standard InChI is InChI=1S/C15H22N4O4S2/c1-10-7-12(17-16-10)13-8-14(11(2)24-13)25(22,23)19(9-15(20)21)6-5-18(3)4/h7-8H,5-6,9H2,1-4H3,(H,16,17)(H,20,21). The molecule has 0 fully saturated rings. The van der Waals surface area contributed by atoms with Crippen LogP contribution in [0.15, 0.2) is 17.0 Å². The summed E-state index contributed by atoms with van der Waals surface area (Å²) in [4.78, 5) is 14.4. The molecule has 0 aromatic carbocycles. The molecule has 0 aliphatic carbocycles. The number of sulfonamides is 1. The maximum atomic E-state index is 13.0. The van der Waals surface area contributed by atoms with Gasteiger partial charge < -0.3 is 10.0 Å². The van der Waals surface area contributed by atoms with Crippen LogP contribution in [0.3, 0.4) is 0 Å². The number of H-pyrrole nitrogens is 1. The Morgan fingerprint density at radius 3 is 2.48 bits per heavy atom. The van der Waals surface area contributed by atoms with E-state index in [9.17, 15) is 13.2 Å². The summed E-state index contributed by atoms with van der Waals surface area (Å²) in [5.74, 6) is -1.18. The lowest BCUT2D eigenvalue weighted by Crippen LogP contribution is -2.40. The lowest BCUT2D eigenvalue weighted by molar-refractivity contribution is -0.137. The van der Waals surface area contributed by atoms with Crippen molar-refractivity contribution in [2.75, 3.05) is 33.7 Å². The van der Waals surface area contributed by atoms with Gasteiger partial charge in [-0.3, -0.25) is 9.89 Å². The lowest BCUT2D eigenvalue weighted by Gasteiger charge is -2.22. The molecule has 2 aromatic heterocycles. The number of aliphatic carboxylic acids is 1. The maximum absolute atomic E-state index is 13.0. The molecule has 2 rings (SSSR count). The summed E-state index contributed by atoms with van der Waals surface area (Å²) in [6.45, 7) is 3.55.